The van der Waals surface area contributed by atoms with Gasteiger partial charge in [-0.1, -0.05) is 43.0 Å². The molecule has 0 fully saturated rings. The molecule has 0 amide bonds. The Bertz CT molecular complexity index is 849. The first-order valence-electron chi connectivity index (χ1n) is 6.66. The van der Waals surface area contributed by atoms with E-state index in [1.807, 2.05) is 24.5 Å². The fraction of sp³-hybridized carbons (Fsp3) is 0. The van der Waals surface area contributed by atoms with Gasteiger partial charge in [-0.05, 0) is 17.7 Å². The van der Waals surface area contributed by atoms with Crippen LogP contribution in [0.1, 0.15) is 11.1 Å². The van der Waals surface area contributed by atoms with Gasteiger partial charge in [0.05, 0.1) is 0 Å². The van der Waals surface area contributed by atoms with Gasteiger partial charge >= 0.3 is 0 Å². The van der Waals surface area contributed by atoms with E-state index in [0.717, 1.165) is 27.7 Å². The van der Waals surface area contributed by atoms with Gasteiger partial charge in [-0.15, -0.1) is 0 Å². The lowest BCUT2D eigenvalue weighted by Crippen LogP contribution is -1.82. The Hall–Kier alpha value is -2.74. The highest BCUT2D eigenvalue weighted by Gasteiger charge is 2.11. The second-order valence-electron chi connectivity index (χ2n) is 4.97. The van der Waals surface area contributed by atoms with Crippen LogP contribution in [-0.4, -0.2) is 9.97 Å². The second kappa shape index (κ2) is 4.14. The Labute approximate surface area is 116 Å². The SMILES string of the molecule is C=C(c1c[nH]c2ccccc12)c1c[nH]c2ccccc12. The fourth-order valence-electron chi connectivity index (χ4n) is 2.79. The van der Waals surface area contributed by atoms with Gasteiger partial charge in [0.1, 0.15) is 0 Å². The molecule has 2 N–H and O–H groups in total. The van der Waals surface area contributed by atoms with E-state index in [1.54, 1.807) is 0 Å². The van der Waals surface area contributed by atoms with Gasteiger partial charge in [0.15, 0.2) is 0 Å². The van der Waals surface area contributed by atoms with Crippen molar-refractivity contribution in [1.82, 2.24) is 9.97 Å². The normalized spacial score (nSPS) is 11.2. The first-order valence-corrected chi connectivity index (χ1v) is 6.66. The lowest BCUT2D eigenvalue weighted by Gasteiger charge is -2.03. The Morgan fingerprint density at radius 2 is 1.15 bits per heavy atom. The molecule has 0 aliphatic rings. The molecule has 0 unspecified atom stereocenters. The number of fused-ring (bicyclic) bond motifs is 2. The molecule has 4 aromatic rings. The number of rotatable bonds is 2. The number of benzene rings is 2. The monoisotopic (exact) mass is 258 g/mol. The fourth-order valence-corrected chi connectivity index (χ4v) is 2.79. The smallest absolute Gasteiger partial charge is 0.0460 e. The number of aromatic nitrogens is 2. The molecule has 2 aromatic heterocycles. The molecule has 0 bridgehead atoms. The van der Waals surface area contributed by atoms with Gasteiger partial charge in [0.25, 0.3) is 0 Å². The van der Waals surface area contributed by atoms with Crippen LogP contribution in [0.2, 0.25) is 0 Å². The first kappa shape index (κ1) is 11.1. The minimum atomic E-state index is 1.04. The predicted molar refractivity (Wildman–Crippen MR) is 84.7 cm³/mol. The molecule has 2 heterocycles. The summed E-state index contributed by atoms with van der Waals surface area (Å²) in [6.07, 6.45) is 4.07. The van der Waals surface area contributed by atoms with Gasteiger partial charge in [0.2, 0.25) is 0 Å². The van der Waals surface area contributed by atoms with Crippen molar-refractivity contribution >= 4 is 27.4 Å². The molecule has 20 heavy (non-hydrogen) atoms. The van der Waals surface area contributed by atoms with Crippen molar-refractivity contribution in [3.63, 3.8) is 0 Å². The number of hydrogen-bond donors (Lipinski definition) is 2. The van der Waals surface area contributed by atoms with Crippen LogP contribution < -0.4 is 0 Å². The third-order valence-corrected chi connectivity index (χ3v) is 3.83. The van der Waals surface area contributed by atoms with Gasteiger partial charge in [-0.3, -0.25) is 0 Å². The van der Waals surface area contributed by atoms with Crippen LogP contribution in [0.25, 0.3) is 27.4 Å². The van der Waals surface area contributed by atoms with Crippen LogP contribution in [0.15, 0.2) is 67.5 Å². The maximum Gasteiger partial charge on any atom is 0.0460 e. The van der Waals surface area contributed by atoms with E-state index in [1.165, 1.54) is 10.8 Å². The van der Waals surface area contributed by atoms with Crippen LogP contribution in [-0.2, 0) is 0 Å². The summed E-state index contributed by atoms with van der Waals surface area (Å²) in [6, 6.07) is 16.6. The highest BCUT2D eigenvalue weighted by molar-refractivity contribution is 6.02. The molecule has 0 radical (unpaired) electrons. The summed E-state index contributed by atoms with van der Waals surface area (Å²) in [7, 11) is 0. The van der Waals surface area contributed by atoms with Gasteiger partial charge < -0.3 is 9.97 Å². The summed E-state index contributed by atoms with van der Waals surface area (Å²) in [6.45, 7) is 4.30. The summed E-state index contributed by atoms with van der Waals surface area (Å²) in [5.41, 5.74) is 5.64. The number of nitrogens with one attached hydrogen (secondary N) is 2. The van der Waals surface area contributed by atoms with E-state index in [-0.39, 0.29) is 0 Å². The first-order chi connectivity index (χ1) is 9.84. The van der Waals surface area contributed by atoms with Crippen LogP contribution in [0, 0.1) is 0 Å². The van der Waals surface area contributed by atoms with E-state index in [2.05, 4.69) is 52.9 Å². The summed E-state index contributed by atoms with van der Waals surface area (Å²) >= 11 is 0. The number of para-hydroxylation sites is 2. The van der Waals surface area contributed by atoms with Crippen molar-refractivity contribution in [1.29, 1.82) is 0 Å². The summed E-state index contributed by atoms with van der Waals surface area (Å²) in [5, 5.41) is 2.42. The molecule has 0 aliphatic heterocycles. The van der Waals surface area contributed by atoms with E-state index in [0.29, 0.717) is 0 Å². The molecule has 0 aliphatic carbocycles. The standard InChI is InChI=1S/C18H14N2/c1-12(15-10-19-17-8-4-2-6-13(15)17)16-11-20-18-9-5-3-7-14(16)18/h2-11,19-20H,1H2. The zero-order chi connectivity index (χ0) is 13.5. The van der Waals surface area contributed by atoms with Crippen molar-refractivity contribution < 1.29 is 0 Å². The van der Waals surface area contributed by atoms with Crippen LogP contribution in [0.3, 0.4) is 0 Å². The average Bonchev–Trinajstić information content (AvgIpc) is 3.11. The lowest BCUT2D eigenvalue weighted by molar-refractivity contribution is 1.45. The van der Waals surface area contributed by atoms with E-state index >= 15 is 0 Å². The third kappa shape index (κ3) is 1.51. The highest BCUT2D eigenvalue weighted by atomic mass is 14.7. The third-order valence-electron chi connectivity index (χ3n) is 3.83. The number of hydrogen-bond acceptors (Lipinski definition) is 0. The molecule has 0 atom stereocenters. The summed E-state index contributed by atoms with van der Waals surface area (Å²) < 4.78 is 0. The average molecular weight is 258 g/mol. The zero-order valence-corrected chi connectivity index (χ0v) is 11.0. The maximum atomic E-state index is 4.30. The number of aromatic amines is 2. The van der Waals surface area contributed by atoms with Crippen molar-refractivity contribution in [2.75, 3.05) is 0 Å². The van der Waals surface area contributed by atoms with Crippen LogP contribution in [0.4, 0.5) is 0 Å². The van der Waals surface area contributed by atoms with Crippen molar-refractivity contribution in [2.45, 2.75) is 0 Å². The topological polar surface area (TPSA) is 31.6 Å². The Kier molecular flexibility index (Phi) is 2.30. The minimum Gasteiger partial charge on any atom is -0.361 e. The number of H-pyrrole nitrogens is 2. The van der Waals surface area contributed by atoms with E-state index in [4.69, 9.17) is 0 Å². The Morgan fingerprint density at radius 1 is 0.700 bits per heavy atom. The molecule has 0 saturated carbocycles. The largest absolute Gasteiger partial charge is 0.361 e. The maximum absolute atomic E-state index is 4.30. The Morgan fingerprint density at radius 3 is 1.65 bits per heavy atom. The molecule has 4 rings (SSSR count). The quantitative estimate of drug-likeness (QED) is 0.522. The molecule has 2 nitrogen and oxygen atoms in total. The zero-order valence-electron chi connectivity index (χ0n) is 11.0. The molecular formula is C18H14N2. The molecule has 2 aromatic carbocycles. The molecule has 2 heteroatoms. The van der Waals surface area contributed by atoms with E-state index in [9.17, 15) is 0 Å². The van der Waals surface area contributed by atoms with Crippen molar-refractivity contribution in [2.24, 2.45) is 0 Å². The van der Waals surface area contributed by atoms with Gasteiger partial charge in [-0.2, -0.15) is 0 Å². The van der Waals surface area contributed by atoms with Gasteiger partial charge in [0, 0.05) is 45.3 Å². The molecule has 96 valence electrons. The lowest BCUT2D eigenvalue weighted by atomic mass is 9.99. The highest BCUT2D eigenvalue weighted by Crippen LogP contribution is 2.32. The summed E-state index contributed by atoms with van der Waals surface area (Å²) in [5.74, 6) is 0. The van der Waals surface area contributed by atoms with Crippen molar-refractivity contribution in [3.05, 3.63) is 78.6 Å². The van der Waals surface area contributed by atoms with Crippen molar-refractivity contribution in [3.8, 4) is 0 Å². The minimum absolute atomic E-state index is 1.04. The molecular weight excluding hydrogens is 244 g/mol. The van der Waals surface area contributed by atoms with Crippen LogP contribution in [0.5, 0.6) is 0 Å². The Balaban J connectivity index is 1.92. The summed E-state index contributed by atoms with van der Waals surface area (Å²) in [4.78, 5) is 6.62. The second-order valence-corrected chi connectivity index (χ2v) is 4.97. The van der Waals surface area contributed by atoms with E-state index < -0.39 is 0 Å². The van der Waals surface area contributed by atoms with Crippen LogP contribution >= 0.6 is 0 Å². The predicted octanol–water partition coefficient (Wildman–Crippen LogP) is 4.71. The van der Waals surface area contributed by atoms with Gasteiger partial charge in [-0.25, -0.2) is 0 Å². The molecule has 0 spiro atoms. The molecule has 0 saturated heterocycles.